The van der Waals surface area contributed by atoms with Crippen molar-refractivity contribution in [2.45, 2.75) is 50.3 Å². The van der Waals surface area contributed by atoms with Crippen molar-refractivity contribution < 1.29 is 9.90 Å². The Balaban J connectivity index is 2.27. The quantitative estimate of drug-likeness (QED) is 0.569. The van der Waals surface area contributed by atoms with Crippen molar-refractivity contribution in [2.24, 2.45) is 0 Å². The number of thiazole rings is 1. The maximum atomic E-state index is 10.8. The first-order valence-electron chi connectivity index (χ1n) is 5.98. The molecule has 0 unspecified atom stereocenters. The Kier molecular flexibility index (Phi) is 6.58. The van der Waals surface area contributed by atoms with Crippen LogP contribution in [0.5, 0.6) is 0 Å². The Hall–Kier alpha value is -0.550. The number of rotatable bonds is 8. The summed E-state index contributed by atoms with van der Waals surface area (Å²) < 4.78 is 0.885. The van der Waals surface area contributed by atoms with Crippen LogP contribution in [-0.4, -0.2) is 21.8 Å². The van der Waals surface area contributed by atoms with E-state index in [4.69, 9.17) is 5.11 Å². The number of unbranched alkanes of at least 4 members (excludes halogenated alkanes) is 4. The molecule has 0 spiro atoms. The van der Waals surface area contributed by atoms with Crippen LogP contribution in [0.1, 0.15) is 54.4 Å². The van der Waals surface area contributed by atoms with Crippen molar-refractivity contribution in [2.75, 3.05) is 5.75 Å². The van der Waals surface area contributed by atoms with E-state index in [0.29, 0.717) is 10.6 Å². The minimum Gasteiger partial charge on any atom is -0.477 e. The lowest BCUT2D eigenvalue weighted by Gasteiger charge is -1.98. The number of aryl methyl sites for hydroxylation is 1. The van der Waals surface area contributed by atoms with E-state index in [1.807, 2.05) is 0 Å². The van der Waals surface area contributed by atoms with Crippen molar-refractivity contribution in [1.82, 2.24) is 4.98 Å². The number of aromatic nitrogens is 1. The summed E-state index contributed by atoms with van der Waals surface area (Å²) in [5, 5.41) is 8.91. The summed E-state index contributed by atoms with van der Waals surface area (Å²) >= 11 is 2.96. The molecule has 1 aromatic rings. The van der Waals surface area contributed by atoms with Crippen LogP contribution in [0.3, 0.4) is 0 Å². The predicted molar refractivity (Wildman–Crippen MR) is 73.3 cm³/mol. The summed E-state index contributed by atoms with van der Waals surface area (Å²) in [4.78, 5) is 15.5. The fourth-order valence-corrected chi connectivity index (χ4v) is 3.60. The van der Waals surface area contributed by atoms with Crippen LogP contribution in [0.15, 0.2) is 4.34 Å². The van der Waals surface area contributed by atoms with Gasteiger partial charge >= 0.3 is 5.97 Å². The standard InChI is InChI=1S/C12H19NO2S2/c1-3-4-5-6-7-8-16-12-13-9(2)10(17-12)11(14)15/h3-8H2,1-2H3,(H,14,15). The van der Waals surface area contributed by atoms with Crippen LogP contribution in [-0.2, 0) is 0 Å². The highest BCUT2D eigenvalue weighted by Gasteiger charge is 2.13. The highest BCUT2D eigenvalue weighted by atomic mass is 32.2. The molecule has 0 bridgehead atoms. The number of hydrogen-bond acceptors (Lipinski definition) is 4. The maximum absolute atomic E-state index is 10.8. The number of thioether (sulfide) groups is 1. The first-order chi connectivity index (χ1) is 8.15. The minimum atomic E-state index is -0.866. The van der Waals surface area contributed by atoms with E-state index in [2.05, 4.69) is 11.9 Å². The van der Waals surface area contributed by atoms with Gasteiger partial charge in [-0.15, -0.1) is 11.3 Å². The van der Waals surface area contributed by atoms with Gasteiger partial charge < -0.3 is 5.11 Å². The summed E-state index contributed by atoms with van der Waals surface area (Å²) in [5.41, 5.74) is 0.635. The number of nitrogens with zero attached hydrogens (tertiary/aromatic N) is 1. The minimum absolute atomic E-state index is 0.374. The van der Waals surface area contributed by atoms with E-state index in [1.54, 1.807) is 18.7 Å². The molecule has 0 radical (unpaired) electrons. The molecule has 0 saturated heterocycles. The molecule has 0 aliphatic heterocycles. The lowest BCUT2D eigenvalue weighted by Crippen LogP contribution is -1.94. The van der Waals surface area contributed by atoms with Gasteiger partial charge in [0.15, 0.2) is 4.34 Å². The Morgan fingerprint density at radius 3 is 2.65 bits per heavy atom. The van der Waals surface area contributed by atoms with Gasteiger partial charge in [0, 0.05) is 5.75 Å². The maximum Gasteiger partial charge on any atom is 0.347 e. The van der Waals surface area contributed by atoms with Crippen LogP contribution in [0.2, 0.25) is 0 Å². The smallest absolute Gasteiger partial charge is 0.347 e. The van der Waals surface area contributed by atoms with Crippen molar-refractivity contribution in [3.63, 3.8) is 0 Å². The molecule has 1 rings (SSSR count). The number of carbonyl (C=O) groups is 1. The largest absolute Gasteiger partial charge is 0.477 e. The Labute approximate surface area is 111 Å². The van der Waals surface area contributed by atoms with Gasteiger partial charge in [-0.3, -0.25) is 0 Å². The molecule has 0 atom stereocenters. The Morgan fingerprint density at radius 1 is 1.35 bits per heavy atom. The van der Waals surface area contributed by atoms with Crippen LogP contribution in [0.25, 0.3) is 0 Å². The first-order valence-corrected chi connectivity index (χ1v) is 7.79. The molecule has 0 fully saturated rings. The molecular formula is C12H19NO2S2. The van der Waals surface area contributed by atoms with Crippen molar-refractivity contribution in [3.05, 3.63) is 10.6 Å². The fraction of sp³-hybridized carbons (Fsp3) is 0.667. The third kappa shape index (κ3) is 5.08. The SMILES string of the molecule is CCCCCCCSc1nc(C)c(C(=O)O)s1. The zero-order chi connectivity index (χ0) is 12.7. The second kappa shape index (κ2) is 7.71. The van der Waals surface area contributed by atoms with Crippen molar-refractivity contribution in [1.29, 1.82) is 0 Å². The molecule has 17 heavy (non-hydrogen) atoms. The third-order valence-electron chi connectivity index (χ3n) is 2.44. The highest BCUT2D eigenvalue weighted by molar-refractivity contribution is 8.01. The van der Waals surface area contributed by atoms with Crippen LogP contribution >= 0.6 is 23.1 Å². The molecule has 1 heterocycles. The fourth-order valence-electron chi connectivity index (χ4n) is 1.50. The molecule has 0 aromatic carbocycles. The summed E-state index contributed by atoms with van der Waals surface area (Å²) in [6, 6.07) is 0. The molecule has 0 amide bonds. The van der Waals surface area contributed by atoms with E-state index < -0.39 is 5.97 Å². The predicted octanol–water partition coefficient (Wildman–Crippen LogP) is 4.21. The average molecular weight is 273 g/mol. The van der Waals surface area contributed by atoms with Gasteiger partial charge in [0.2, 0.25) is 0 Å². The molecule has 96 valence electrons. The highest BCUT2D eigenvalue weighted by Crippen LogP contribution is 2.27. The lowest BCUT2D eigenvalue weighted by atomic mass is 10.2. The van der Waals surface area contributed by atoms with Gasteiger partial charge in [-0.05, 0) is 13.3 Å². The Morgan fingerprint density at radius 2 is 2.06 bits per heavy atom. The van der Waals surface area contributed by atoms with Gasteiger partial charge in [-0.25, -0.2) is 9.78 Å². The van der Waals surface area contributed by atoms with Crippen LogP contribution in [0.4, 0.5) is 0 Å². The monoisotopic (exact) mass is 273 g/mol. The third-order valence-corrected chi connectivity index (χ3v) is 4.82. The van der Waals surface area contributed by atoms with E-state index in [1.165, 1.54) is 43.4 Å². The average Bonchev–Trinajstić information content (AvgIpc) is 2.65. The van der Waals surface area contributed by atoms with Crippen molar-refractivity contribution in [3.8, 4) is 0 Å². The topological polar surface area (TPSA) is 50.2 Å². The van der Waals surface area contributed by atoms with E-state index in [-0.39, 0.29) is 0 Å². The number of hydrogen-bond donors (Lipinski definition) is 1. The molecular weight excluding hydrogens is 254 g/mol. The second-order valence-electron chi connectivity index (χ2n) is 3.96. The van der Waals surface area contributed by atoms with E-state index >= 15 is 0 Å². The second-order valence-corrected chi connectivity index (χ2v) is 6.30. The molecule has 0 aliphatic carbocycles. The molecule has 0 saturated carbocycles. The summed E-state index contributed by atoms with van der Waals surface area (Å²) in [6.45, 7) is 3.96. The summed E-state index contributed by atoms with van der Waals surface area (Å²) in [5.74, 6) is 0.171. The van der Waals surface area contributed by atoms with Crippen LogP contribution < -0.4 is 0 Å². The first kappa shape index (κ1) is 14.5. The molecule has 5 heteroatoms. The normalized spacial score (nSPS) is 10.7. The van der Waals surface area contributed by atoms with Crippen LogP contribution in [0, 0.1) is 6.92 Å². The van der Waals surface area contributed by atoms with E-state index in [0.717, 1.165) is 10.1 Å². The van der Waals surface area contributed by atoms with Gasteiger partial charge in [-0.2, -0.15) is 0 Å². The number of carboxylic acids is 1. The molecule has 3 nitrogen and oxygen atoms in total. The summed E-state index contributed by atoms with van der Waals surface area (Å²) in [6.07, 6.45) is 6.32. The summed E-state index contributed by atoms with van der Waals surface area (Å²) in [7, 11) is 0. The van der Waals surface area contributed by atoms with Gasteiger partial charge in [-0.1, -0.05) is 44.4 Å². The van der Waals surface area contributed by atoms with Gasteiger partial charge in [0.25, 0.3) is 0 Å². The zero-order valence-electron chi connectivity index (χ0n) is 10.4. The number of carboxylic acid groups (broad SMARTS) is 1. The van der Waals surface area contributed by atoms with E-state index in [9.17, 15) is 4.79 Å². The molecule has 1 N–H and O–H groups in total. The van der Waals surface area contributed by atoms with Gasteiger partial charge in [0.05, 0.1) is 5.69 Å². The van der Waals surface area contributed by atoms with Gasteiger partial charge in [0.1, 0.15) is 4.88 Å². The van der Waals surface area contributed by atoms with Crippen molar-refractivity contribution >= 4 is 29.1 Å². The Bertz CT molecular complexity index is 363. The zero-order valence-corrected chi connectivity index (χ0v) is 12.0. The molecule has 1 aromatic heterocycles. The lowest BCUT2D eigenvalue weighted by molar-refractivity contribution is 0.0701. The molecule has 0 aliphatic rings. The number of aromatic carboxylic acids is 1.